The van der Waals surface area contributed by atoms with Gasteiger partial charge in [0.2, 0.25) is 0 Å². The second-order valence-electron chi connectivity index (χ2n) is 5.44. The molecule has 16 heavy (non-hydrogen) atoms. The molecule has 1 aliphatic rings. The molecule has 0 aromatic heterocycles. The number of halogens is 3. The Kier molecular flexibility index (Phi) is 3.60. The van der Waals surface area contributed by atoms with Gasteiger partial charge in [0, 0.05) is 12.0 Å². The zero-order valence-corrected chi connectivity index (χ0v) is 9.77. The summed E-state index contributed by atoms with van der Waals surface area (Å²) < 4.78 is 37.4. The van der Waals surface area contributed by atoms with Crippen LogP contribution < -0.4 is 5.73 Å². The van der Waals surface area contributed by atoms with E-state index in [4.69, 9.17) is 5.73 Å². The molecule has 0 unspecified atom stereocenters. The molecular formula is C11H20F3NO. The van der Waals surface area contributed by atoms with E-state index in [0.717, 1.165) is 0 Å². The fourth-order valence-electron chi connectivity index (χ4n) is 2.29. The van der Waals surface area contributed by atoms with Gasteiger partial charge in [-0.3, -0.25) is 0 Å². The highest BCUT2D eigenvalue weighted by molar-refractivity contribution is 4.98. The lowest BCUT2D eigenvalue weighted by Crippen LogP contribution is -2.52. The van der Waals surface area contributed by atoms with Crippen molar-refractivity contribution < 1.29 is 18.3 Å². The number of nitrogens with two attached hydrogens (primary N) is 1. The Balaban J connectivity index is 2.67. The van der Waals surface area contributed by atoms with Gasteiger partial charge >= 0.3 is 6.18 Å². The lowest BCUT2D eigenvalue weighted by molar-refractivity contribution is -0.201. The quantitative estimate of drug-likeness (QED) is 0.777. The Hall–Kier alpha value is -0.290. The van der Waals surface area contributed by atoms with Crippen LogP contribution in [0.2, 0.25) is 0 Å². The molecule has 0 aliphatic heterocycles. The summed E-state index contributed by atoms with van der Waals surface area (Å²) >= 11 is 0. The summed E-state index contributed by atoms with van der Waals surface area (Å²) in [4.78, 5) is 0. The van der Waals surface area contributed by atoms with Crippen LogP contribution in [0.3, 0.4) is 0 Å². The van der Waals surface area contributed by atoms with Gasteiger partial charge < -0.3 is 10.8 Å². The van der Waals surface area contributed by atoms with Gasteiger partial charge in [0.05, 0.1) is 11.5 Å². The fraction of sp³-hybridized carbons (Fsp3) is 1.00. The van der Waals surface area contributed by atoms with Crippen LogP contribution in [0.5, 0.6) is 0 Å². The highest BCUT2D eigenvalue weighted by Gasteiger charge is 2.50. The summed E-state index contributed by atoms with van der Waals surface area (Å²) in [5.41, 5.74) is 3.98. The first kappa shape index (κ1) is 13.8. The van der Waals surface area contributed by atoms with E-state index in [1.165, 1.54) is 0 Å². The first-order valence-electron chi connectivity index (χ1n) is 5.61. The monoisotopic (exact) mass is 239 g/mol. The number of hydrogen-bond acceptors (Lipinski definition) is 2. The molecule has 2 nitrogen and oxygen atoms in total. The van der Waals surface area contributed by atoms with Crippen LogP contribution in [0, 0.1) is 11.3 Å². The highest BCUT2D eigenvalue weighted by atomic mass is 19.4. The van der Waals surface area contributed by atoms with Crippen molar-refractivity contribution in [2.45, 2.75) is 51.3 Å². The van der Waals surface area contributed by atoms with E-state index < -0.39 is 23.1 Å². The Morgan fingerprint density at radius 1 is 1.25 bits per heavy atom. The van der Waals surface area contributed by atoms with Crippen molar-refractivity contribution in [3.8, 4) is 0 Å². The SMILES string of the molecule is CC(C)(CN)C1(O)CCC(C(F)(F)F)CC1. The van der Waals surface area contributed by atoms with E-state index in [1.807, 2.05) is 0 Å². The van der Waals surface area contributed by atoms with Crippen molar-refractivity contribution in [2.24, 2.45) is 17.1 Å². The summed E-state index contributed by atoms with van der Waals surface area (Å²) in [5.74, 6) is -1.26. The van der Waals surface area contributed by atoms with Gasteiger partial charge in [0.25, 0.3) is 0 Å². The molecule has 0 aromatic carbocycles. The maximum absolute atomic E-state index is 12.5. The van der Waals surface area contributed by atoms with Crippen LogP contribution in [-0.2, 0) is 0 Å². The van der Waals surface area contributed by atoms with Crippen LogP contribution in [0.1, 0.15) is 39.5 Å². The average molecular weight is 239 g/mol. The van der Waals surface area contributed by atoms with E-state index in [9.17, 15) is 18.3 Å². The van der Waals surface area contributed by atoms with E-state index in [1.54, 1.807) is 13.8 Å². The summed E-state index contributed by atoms with van der Waals surface area (Å²) in [6.07, 6.45) is -3.76. The normalized spacial score (nSPS) is 32.8. The van der Waals surface area contributed by atoms with E-state index >= 15 is 0 Å². The number of alkyl halides is 3. The number of hydrogen-bond donors (Lipinski definition) is 2. The summed E-state index contributed by atoms with van der Waals surface area (Å²) in [5, 5.41) is 10.3. The van der Waals surface area contributed by atoms with Gasteiger partial charge in [-0.1, -0.05) is 13.8 Å². The van der Waals surface area contributed by atoms with Gasteiger partial charge in [0.15, 0.2) is 0 Å². The lowest BCUT2D eigenvalue weighted by atomic mass is 9.65. The first-order valence-corrected chi connectivity index (χ1v) is 5.61. The van der Waals surface area contributed by atoms with Crippen LogP contribution in [0.25, 0.3) is 0 Å². The molecule has 0 heterocycles. The third kappa shape index (κ3) is 2.51. The highest BCUT2D eigenvalue weighted by Crippen LogP contribution is 2.47. The molecule has 1 aliphatic carbocycles. The number of aliphatic hydroxyl groups is 1. The molecule has 0 atom stereocenters. The predicted octanol–water partition coefficient (Wildman–Crippen LogP) is 2.45. The van der Waals surface area contributed by atoms with Crippen LogP contribution in [0.4, 0.5) is 13.2 Å². The van der Waals surface area contributed by atoms with Crippen molar-refractivity contribution in [1.82, 2.24) is 0 Å². The molecule has 5 heteroatoms. The second-order valence-corrected chi connectivity index (χ2v) is 5.44. The van der Waals surface area contributed by atoms with Gasteiger partial charge in [0.1, 0.15) is 0 Å². The molecular weight excluding hydrogens is 219 g/mol. The minimum atomic E-state index is -4.13. The Labute approximate surface area is 94.0 Å². The third-order valence-corrected chi connectivity index (χ3v) is 4.05. The van der Waals surface area contributed by atoms with Crippen molar-refractivity contribution in [3.63, 3.8) is 0 Å². The van der Waals surface area contributed by atoms with Crippen molar-refractivity contribution in [3.05, 3.63) is 0 Å². The Morgan fingerprint density at radius 2 is 1.69 bits per heavy atom. The molecule has 1 rings (SSSR count). The Bertz CT molecular complexity index is 242. The number of rotatable bonds is 2. The molecule has 0 saturated heterocycles. The van der Waals surface area contributed by atoms with Gasteiger partial charge in [-0.2, -0.15) is 13.2 Å². The Morgan fingerprint density at radius 3 is 2.00 bits per heavy atom. The topological polar surface area (TPSA) is 46.2 Å². The standard InChI is InChI=1S/C11H20F3NO/c1-9(2,7-15)10(16)5-3-8(4-6-10)11(12,13)14/h8,16H,3-7,15H2,1-2H3. The summed E-state index contributed by atoms with van der Waals surface area (Å²) in [7, 11) is 0. The second kappa shape index (κ2) is 4.18. The zero-order chi connectivity index (χ0) is 12.6. The summed E-state index contributed by atoms with van der Waals surface area (Å²) in [6.45, 7) is 3.89. The van der Waals surface area contributed by atoms with E-state index in [-0.39, 0.29) is 32.2 Å². The largest absolute Gasteiger partial charge is 0.391 e. The molecule has 96 valence electrons. The predicted molar refractivity (Wildman–Crippen MR) is 55.8 cm³/mol. The summed E-state index contributed by atoms with van der Waals surface area (Å²) in [6, 6.07) is 0. The maximum Gasteiger partial charge on any atom is 0.391 e. The molecule has 0 bridgehead atoms. The molecule has 0 radical (unpaired) electrons. The molecule has 0 spiro atoms. The van der Waals surface area contributed by atoms with E-state index in [2.05, 4.69) is 0 Å². The van der Waals surface area contributed by atoms with Gasteiger partial charge in [-0.05, 0) is 25.7 Å². The van der Waals surface area contributed by atoms with Gasteiger partial charge in [-0.15, -0.1) is 0 Å². The zero-order valence-electron chi connectivity index (χ0n) is 9.77. The van der Waals surface area contributed by atoms with Crippen LogP contribution in [-0.4, -0.2) is 23.4 Å². The molecule has 0 amide bonds. The van der Waals surface area contributed by atoms with Crippen LogP contribution in [0.15, 0.2) is 0 Å². The van der Waals surface area contributed by atoms with Gasteiger partial charge in [-0.25, -0.2) is 0 Å². The van der Waals surface area contributed by atoms with Crippen molar-refractivity contribution in [1.29, 1.82) is 0 Å². The fourth-order valence-corrected chi connectivity index (χ4v) is 2.29. The maximum atomic E-state index is 12.5. The van der Waals surface area contributed by atoms with Crippen LogP contribution >= 0.6 is 0 Å². The lowest BCUT2D eigenvalue weighted by Gasteiger charge is -2.46. The molecule has 1 saturated carbocycles. The smallest absolute Gasteiger partial charge is 0.389 e. The first-order chi connectivity index (χ1) is 7.12. The molecule has 3 N–H and O–H groups in total. The molecule has 1 fully saturated rings. The van der Waals surface area contributed by atoms with Crippen molar-refractivity contribution >= 4 is 0 Å². The molecule has 0 aromatic rings. The van der Waals surface area contributed by atoms with E-state index in [0.29, 0.717) is 0 Å². The minimum Gasteiger partial charge on any atom is -0.389 e. The minimum absolute atomic E-state index is 0.00340. The average Bonchev–Trinajstić information content (AvgIpc) is 2.16. The third-order valence-electron chi connectivity index (χ3n) is 4.05. The van der Waals surface area contributed by atoms with Crippen molar-refractivity contribution in [2.75, 3.05) is 6.54 Å².